The van der Waals surface area contributed by atoms with E-state index in [1.165, 1.54) is 0 Å². The lowest BCUT2D eigenvalue weighted by atomic mass is 10.1. The van der Waals surface area contributed by atoms with Crippen molar-refractivity contribution in [3.63, 3.8) is 0 Å². The van der Waals surface area contributed by atoms with Gasteiger partial charge in [-0.1, -0.05) is 12.1 Å². The Kier molecular flexibility index (Phi) is 3.63. The lowest BCUT2D eigenvalue weighted by molar-refractivity contribution is -0.143. The number of fused-ring (bicyclic) bond motifs is 2. The van der Waals surface area contributed by atoms with Crippen LogP contribution in [0.2, 0.25) is 0 Å². The van der Waals surface area contributed by atoms with Crippen LogP contribution in [0.5, 0.6) is 11.5 Å². The predicted molar refractivity (Wildman–Crippen MR) is 85.8 cm³/mol. The highest BCUT2D eigenvalue weighted by atomic mass is 16.6. The molecule has 1 aromatic carbocycles. The zero-order chi connectivity index (χ0) is 16.7. The first kappa shape index (κ1) is 15.0. The topological polar surface area (TPSA) is 69.5 Å². The number of likely N-dealkylation sites (N-methyl/N-ethyl adjacent to an activating group) is 1. The molecule has 0 N–H and O–H groups in total. The van der Waals surface area contributed by atoms with Crippen molar-refractivity contribution < 1.29 is 14.3 Å². The molecule has 1 aromatic heterocycles. The van der Waals surface area contributed by atoms with Gasteiger partial charge in [-0.05, 0) is 25.5 Å². The Labute approximate surface area is 140 Å². The van der Waals surface area contributed by atoms with Crippen LogP contribution in [0.25, 0.3) is 0 Å². The summed E-state index contributed by atoms with van der Waals surface area (Å²) in [6.07, 6.45) is 1.03. The number of nitrogens with zero attached hydrogens (tertiary/aromatic N) is 4. The van der Waals surface area contributed by atoms with Crippen molar-refractivity contribution in [1.82, 2.24) is 19.7 Å². The molecule has 0 aliphatic carbocycles. The number of carbonyl (C=O) groups excluding carboxylic acids is 1. The SMILES string of the molecule is C[C@H]1Oc2ccccc2O[C@H]1C(=O)N(C)Cc1nnc2n1CCC2. The fourth-order valence-corrected chi connectivity index (χ4v) is 3.23. The van der Waals surface area contributed by atoms with Crippen LogP contribution in [-0.4, -0.2) is 44.8 Å². The summed E-state index contributed by atoms with van der Waals surface area (Å²) in [7, 11) is 1.76. The molecular weight excluding hydrogens is 308 g/mol. The zero-order valence-corrected chi connectivity index (χ0v) is 13.8. The van der Waals surface area contributed by atoms with Crippen molar-refractivity contribution in [2.75, 3.05) is 7.05 Å². The first-order valence-electron chi connectivity index (χ1n) is 8.22. The normalized spacial score (nSPS) is 21.4. The van der Waals surface area contributed by atoms with Gasteiger partial charge in [0.05, 0.1) is 6.54 Å². The molecule has 0 saturated carbocycles. The molecule has 0 radical (unpaired) electrons. The number of amides is 1. The summed E-state index contributed by atoms with van der Waals surface area (Å²) in [6, 6.07) is 7.40. The van der Waals surface area contributed by atoms with E-state index in [1.807, 2.05) is 31.2 Å². The highest BCUT2D eigenvalue weighted by molar-refractivity contribution is 5.82. The predicted octanol–water partition coefficient (Wildman–Crippen LogP) is 1.41. The van der Waals surface area contributed by atoms with Crippen molar-refractivity contribution in [3.05, 3.63) is 35.9 Å². The molecule has 7 nitrogen and oxygen atoms in total. The van der Waals surface area contributed by atoms with E-state index in [0.29, 0.717) is 18.0 Å². The van der Waals surface area contributed by atoms with Gasteiger partial charge in [0.1, 0.15) is 11.9 Å². The molecule has 24 heavy (non-hydrogen) atoms. The van der Waals surface area contributed by atoms with Gasteiger partial charge < -0.3 is 18.9 Å². The average Bonchev–Trinajstić information content (AvgIpc) is 3.18. The first-order valence-corrected chi connectivity index (χ1v) is 8.22. The number of aryl methyl sites for hydroxylation is 1. The Hall–Kier alpha value is -2.57. The Bertz CT molecular complexity index is 773. The van der Waals surface area contributed by atoms with Crippen molar-refractivity contribution in [2.45, 2.75) is 45.1 Å². The second-order valence-electron chi connectivity index (χ2n) is 6.29. The van der Waals surface area contributed by atoms with Gasteiger partial charge in [-0.15, -0.1) is 10.2 Å². The second-order valence-corrected chi connectivity index (χ2v) is 6.29. The average molecular weight is 328 g/mol. The van der Waals surface area contributed by atoms with Gasteiger partial charge in [0, 0.05) is 20.0 Å². The third-order valence-corrected chi connectivity index (χ3v) is 4.53. The van der Waals surface area contributed by atoms with Gasteiger partial charge in [0.25, 0.3) is 5.91 Å². The molecule has 2 atom stereocenters. The van der Waals surface area contributed by atoms with Crippen molar-refractivity contribution >= 4 is 5.91 Å². The van der Waals surface area contributed by atoms with Gasteiger partial charge in [-0.2, -0.15) is 0 Å². The standard InChI is InChI=1S/C17H20N4O3/c1-11-16(24-13-7-4-3-6-12(13)23-11)17(22)20(2)10-15-19-18-14-8-5-9-21(14)15/h3-4,6-7,11,16H,5,8-10H2,1-2H3/t11-,16-/m1/s1. The number of benzene rings is 1. The lowest BCUT2D eigenvalue weighted by Gasteiger charge is -2.33. The molecule has 1 amide bonds. The van der Waals surface area contributed by atoms with E-state index >= 15 is 0 Å². The van der Waals surface area contributed by atoms with Gasteiger partial charge in [-0.3, -0.25) is 4.79 Å². The minimum Gasteiger partial charge on any atom is -0.482 e. The van der Waals surface area contributed by atoms with Crippen LogP contribution < -0.4 is 9.47 Å². The quantitative estimate of drug-likeness (QED) is 0.852. The summed E-state index contributed by atoms with van der Waals surface area (Å²) in [6.45, 7) is 3.19. The van der Waals surface area contributed by atoms with Crippen LogP contribution >= 0.6 is 0 Å². The molecule has 2 aliphatic heterocycles. The molecule has 126 valence electrons. The number of rotatable bonds is 3. The Morgan fingerprint density at radius 3 is 2.83 bits per heavy atom. The Balaban J connectivity index is 1.49. The number of ether oxygens (including phenoxy) is 2. The molecule has 0 unspecified atom stereocenters. The van der Waals surface area contributed by atoms with E-state index in [9.17, 15) is 4.79 Å². The van der Waals surface area contributed by atoms with Crippen LogP contribution in [0.1, 0.15) is 25.0 Å². The number of aromatic nitrogens is 3. The number of hydrogen-bond acceptors (Lipinski definition) is 5. The molecule has 0 spiro atoms. The first-order chi connectivity index (χ1) is 11.6. The summed E-state index contributed by atoms with van der Waals surface area (Å²) in [5, 5.41) is 8.39. The summed E-state index contributed by atoms with van der Waals surface area (Å²) < 4.78 is 13.8. The monoisotopic (exact) mass is 328 g/mol. The molecule has 0 saturated heterocycles. The molecule has 0 bridgehead atoms. The van der Waals surface area contributed by atoms with Crippen LogP contribution in [0.3, 0.4) is 0 Å². The van der Waals surface area contributed by atoms with Gasteiger partial charge in [0.15, 0.2) is 17.3 Å². The maximum Gasteiger partial charge on any atom is 0.267 e. The van der Waals surface area contributed by atoms with Gasteiger partial charge in [0.2, 0.25) is 6.10 Å². The largest absolute Gasteiger partial charge is 0.482 e. The third-order valence-electron chi connectivity index (χ3n) is 4.53. The van der Waals surface area contributed by atoms with Gasteiger partial charge >= 0.3 is 0 Å². The smallest absolute Gasteiger partial charge is 0.267 e. The van der Waals surface area contributed by atoms with Crippen LogP contribution in [0.15, 0.2) is 24.3 Å². The lowest BCUT2D eigenvalue weighted by Crippen LogP contribution is -2.49. The van der Waals surface area contributed by atoms with Crippen molar-refractivity contribution in [1.29, 1.82) is 0 Å². The van der Waals surface area contributed by atoms with E-state index in [0.717, 1.165) is 31.0 Å². The summed E-state index contributed by atoms with van der Waals surface area (Å²) >= 11 is 0. The fraction of sp³-hybridized carbons (Fsp3) is 0.471. The molecule has 0 fully saturated rings. The molecule has 7 heteroatoms. The van der Waals surface area contributed by atoms with E-state index in [-0.39, 0.29) is 12.0 Å². The minimum atomic E-state index is -0.661. The molecule has 2 aliphatic rings. The van der Waals surface area contributed by atoms with Crippen LogP contribution in [-0.2, 0) is 24.3 Å². The highest BCUT2D eigenvalue weighted by Crippen LogP contribution is 2.33. The summed E-state index contributed by atoms with van der Waals surface area (Å²) in [4.78, 5) is 14.4. The number of para-hydroxylation sites is 2. The molecule has 4 rings (SSSR count). The van der Waals surface area contributed by atoms with E-state index < -0.39 is 6.10 Å². The van der Waals surface area contributed by atoms with Crippen molar-refractivity contribution in [2.24, 2.45) is 0 Å². The molecule has 3 heterocycles. The third kappa shape index (κ3) is 2.50. The van der Waals surface area contributed by atoms with Crippen molar-refractivity contribution in [3.8, 4) is 11.5 Å². The van der Waals surface area contributed by atoms with E-state index in [4.69, 9.17) is 9.47 Å². The zero-order valence-electron chi connectivity index (χ0n) is 13.8. The van der Waals surface area contributed by atoms with E-state index in [2.05, 4.69) is 14.8 Å². The minimum absolute atomic E-state index is 0.118. The van der Waals surface area contributed by atoms with E-state index in [1.54, 1.807) is 11.9 Å². The number of carbonyl (C=O) groups is 1. The van der Waals surface area contributed by atoms with Crippen LogP contribution in [0.4, 0.5) is 0 Å². The summed E-state index contributed by atoms with van der Waals surface area (Å²) in [5.41, 5.74) is 0. The maximum absolute atomic E-state index is 12.8. The maximum atomic E-state index is 12.8. The number of hydrogen-bond donors (Lipinski definition) is 0. The Morgan fingerprint density at radius 1 is 1.29 bits per heavy atom. The summed E-state index contributed by atoms with van der Waals surface area (Å²) in [5.74, 6) is 2.98. The fourth-order valence-electron chi connectivity index (χ4n) is 3.23. The Morgan fingerprint density at radius 2 is 2.04 bits per heavy atom. The van der Waals surface area contributed by atoms with Crippen LogP contribution in [0, 0.1) is 0 Å². The molecular formula is C17H20N4O3. The second kappa shape index (κ2) is 5.81. The van der Waals surface area contributed by atoms with Gasteiger partial charge in [-0.25, -0.2) is 0 Å². The molecule has 2 aromatic rings. The highest BCUT2D eigenvalue weighted by Gasteiger charge is 2.36.